The van der Waals surface area contributed by atoms with Crippen LogP contribution in [0.1, 0.15) is 18.9 Å². The average molecular weight is 522 g/mol. The van der Waals surface area contributed by atoms with Crippen molar-refractivity contribution in [2.45, 2.75) is 19.9 Å². The number of para-hydroxylation sites is 1. The highest BCUT2D eigenvalue weighted by atomic mass is 79.9. The van der Waals surface area contributed by atoms with Crippen LogP contribution in [-0.2, 0) is 11.3 Å². The van der Waals surface area contributed by atoms with E-state index >= 15 is 0 Å². The summed E-state index contributed by atoms with van der Waals surface area (Å²) < 4.78 is 9.00. The molecule has 1 N–H and O–H groups in total. The molecule has 0 spiro atoms. The van der Waals surface area contributed by atoms with Crippen LogP contribution in [0.25, 0.3) is 17.0 Å². The maximum absolute atomic E-state index is 12.7. The molecule has 0 saturated carbocycles. The van der Waals surface area contributed by atoms with Crippen LogP contribution in [0, 0.1) is 5.41 Å². The maximum Gasteiger partial charge on any atom is 0.283 e. The van der Waals surface area contributed by atoms with Crippen molar-refractivity contribution in [2.75, 3.05) is 6.61 Å². The SMILES string of the molecule is CCC1=NN2C(=N)/C(=C\c3cn(CCOc4ccc(Br)cc4)c4ccccc34)C(=O)N=C2S1. The van der Waals surface area contributed by atoms with Crippen molar-refractivity contribution < 1.29 is 9.53 Å². The smallest absolute Gasteiger partial charge is 0.283 e. The third kappa shape index (κ3) is 4.26. The number of fused-ring (bicyclic) bond motifs is 2. The van der Waals surface area contributed by atoms with Crippen LogP contribution in [0.3, 0.4) is 0 Å². The second kappa shape index (κ2) is 8.99. The van der Waals surface area contributed by atoms with E-state index < -0.39 is 5.91 Å². The Morgan fingerprint density at radius 2 is 1.97 bits per heavy atom. The summed E-state index contributed by atoms with van der Waals surface area (Å²) >= 11 is 4.77. The molecule has 2 aromatic carbocycles. The number of amidine groups is 2. The highest BCUT2D eigenvalue weighted by Gasteiger charge is 2.35. The lowest BCUT2D eigenvalue weighted by Crippen LogP contribution is -2.35. The van der Waals surface area contributed by atoms with E-state index in [1.54, 1.807) is 6.08 Å². The number of nitrogens with one attached hydrogen (secondary N) is 1. The first kappa shape index (κ1) is 21.7. The molecule has 0 unspecified atom stereocenters. The van der Waals surface area contributed by atoms with Crippen molar-refractivity contribution in [3.8, 4) is 5.75 Å². The summed E-state index contributed by atoms with van der Waals surface area (Å²) in [4.78, 5) is 16.9. The van der Waals surface area contributed by atoms with E-state index in [0.717, 1.165) is 38.2 Å². The van der Waals surface area contributed by atoms with Crippen LogP contribution >= 0.6 is 27.7 Å². The second-order valence-corrected chi connectivity index (χ2v) is 9.42. The Kier molecular flexibility index (Phi) is 5.90. The monoisotopic (exact) mass is 521 g/mol. The summed E-state index contributed by atoms with van der Waals surface area (Å²) in [5, 5.41) is 16.7. The first-order chi connectivity index (χ1) is 16.0. The summed E-state index contributed by atoms with van der Waals surface area (Å²) in [6.07, 6.45) is 4.46. The lowest BCUT2D eigenvalue weighted by molar-refractivity contribution is -0.114. The van der Waals surface area contributed by atoms with E-state index in [1.165, 1.54) is 16.8 Å². The number of nitrogens with zero attached hydrogens (tertiary/aromatic N) is 4. The molecule has 0 aliphatic carbocycles. The Morgan fingerprint density at radius 1 is 1.18 bits per heavy atom. The molecule has 1 aromatic heterocycles. The van der Waals surface area contributed by atoms with Gasteiger partial charge >= 0.3 is 0 Å². The first-order valence-electron chi connectivity index (χ1n) is 10.5. The van der Waals surface area contributed by atoms with Gasteiger partial charge in [-0.3, -0.25) is 10.2 Å². The number of ether oxygens (including phenoxy) is 1. The van der Waals surface area contributed by atoms with E-state index in [-0.39, 0.29) is 11.4 Å². The van der Waals surface area contributed by atoms with Gasteiger partial charge in [0.05, 0.1) is 12.1 Å². The molecule has 0 atom stereocenters. The van der Waals surface area contributed by atoms with Crippen LogP contribution in [0.5, 0.6) is 5.75 Å². The summed E-state index contributed by atoms with van der Waals surface area (Å²) in [5.74, 6) is 0.445. The van der Waals surface area contributed by atoms with Crippen molar-refractivity contribution in [1.29, 1.82) is 5.41 Å². The van der Waals surface area contributed by atoms with Crippen molar-refractivity contribution >= 4 is 66.6 Å². The Hall–Kier alpha value is -3.17. The molecule has 7 nitrogen and oxygen atoms in total. The van der Waals surface area contributed by atoms with Gasteiger partial charge in [0.15, 0.2) is 5.84 Å². The van der Waals surface area contributed by atoms with Gasteiger partial charge in [-0.25, -0.2) is 0 Å². The number of hydrazone groups is 1. The van der Waals surface area contributed by atoms with Gasteiger partial charge in [0.1, 0.15) is 17.4 Å². The standard InChI is InChI=1S/C24H20BrN5O2S/c1-2-21-28-30-22(26)19(23(31)27-24(30)33-21)13-15-14-29(20-6-4-3-5-18(15)20)11-12-32-17-9-7-16(25)8-10-17/h3-10,13-14,26H,2,11-12H2,1H3/b19-13+,26-22?. The Bertz CT molecular complexity index is 1360. The molecule has 0 fully saturated rings. The molecule has 3 aromatic rings. The van der Waals surface area contributed by atoms with Crippen LogP contribution in [0.15, 0.2) is 74.9 Å². The molecular weight excluding hydrogens is 502 g/mol. The van der Waals surface area contributed by atoms with Gasteiger partial charge < -0.3 is 9.30 Å². The predicted molar refractivity (Wildman–Crippen MR) is 137 cm³/mol. The highest BCUT2D eigenvalue weighted by Crippen LogP contribution is 2.31. The zero-order chi connectivity index (χ0) is 22.9. The second-order valence-electron chi connectivity index (χ2n) is 7.46. The topological polar surface area (TPSA) is 83.0 Å². The predicted octanol–water partition coefficient (Wildman–Crippen LogP) is 5.51. The van der Waals surface area contributed by atoms with Gasteiger partial charge in [0.2, 0.25) is 5.17 Å². The van der Waals surface area contributed by atoms with E-state index in [0.29, 0.717) is 18.3 Å². The molecular formula is C24H20BrN5O2S. The van der Waals surface area contributed by atoms with Crippen LogP contribution < -0.4 is 4.74 Å². The van der Waals surface area contributed by atoms with E-state index in [9.17, 15) is 4.79 Å². The Balaban J connectivity index is 1.42. The van der Waals surface area contributed by atoms with Crippen molar-refractivity contribution in [2.24, 2.45) is 10.1 Å². The number of benzene rings is 2. The summed E-state index contributed by atoms with van der Waals surface area (Å²) in [6.45, 7) is 3.13. The number of carbonyl (C=O) groups is 1. The fraction of sp³-hybridized carbons (Fsp3) is 0.167. The number of aliphatic imine (C=N–C) groups is 1. The molecule has 2 aliphatic rings. The summed E-state index contributed by atoms with van der Waals surface area (Å²) in [6, 6.07) is 15.7. The van der Waals surface area contributed by atoms with Gasteiger partial charge in [-0.2, -0.15) is 15.1 Å². The zero-order valence-electron chi connectivity index (χ0n) is 17.8. The van der Waals surface area contributed by atoms with Gasteiger partial charge in [-0.15, -0.1) is 0 Å². The molecule has 9 heteroatoms. The maximum atomic E-state index is 12.7. The van der Waals surface area contributed by atoms with Gasteiger partial charge in [0.25, 0.3) is 5.91 Å². The third-order valence-electron chi connectivity index (χ3n) is 5.33. The number of rotatable bonds is 6. The number of aromatic nitrogens is 1. The molecule has 0 saturated heterocycles. The van der Waals surface area contributed by atoms with Gasteiger partial charge in [0, 0.05) is 27.1 Å². The molecule has 33 heavy (non-hydrogen) atoms. The molecule has 1 amide bonds. The quantitative estimate of drug-likeness (QED) is 0.433. The van der Waals surface area contributed by atoms with Crippen molar-refractivity contribution in [3.63, 3.8) is 0 Å². The number of amides is 1. The summed E-state index contributed by atoms with van der Waals surface area (Å²) in [5.41, 5.74) is 2.12. The fourth-order valence-corrected chi connectivity index (χ4v) is 4.79. The number of hydrogen-bond donors (Lipinski definition) is 1. The van der Waals surface area contributed by atoms with Crippen molar-refractivity contribution in [1.82, 2.24) is 9.58 Å². The van der Waals surface area contributed by atoms with Gasteiger partial charge in [-0.05, 0) is 54.6 Å². The molecule has 3 heterocycles. The average Bonchev–Trinajstić information content (AvgIpc) is 3.39. The lowest BCUT2D eigenvalue weighted by Gasteiger charge is -2.20. The number of thioether (sulfide) groups is 1. The highest BCUT2D eigenvalue weighted by molar-refractivity contribution is 9.10. The lowest BCUT2D eigenvalue weighted by atomic mass is 10.1. The minimum absolute atomic E-state index is 0.0522. The van der Waals surface area contributed by atoms with Crippen LogP contribution in [0.2, 0.25) is 0 Å². The normalized spacial score (nSPS) is 16.9. The van der Waals surface area contributed by atoms with Crippen LogP contribution in [-0.4, -0.2) is 38.1 Å². The van der Waals surface area contributed by atoms with Crippen molar-refractivity contribution in [3.05, 3.63) is 70.3 Å². The zero-order valence-corrected chi connectivity index (χ0v) is 20.2. The Labute approximate surface area is 203 Å². The number of halogens is 1. The molecule has 0 radical (unpaired) electrons. The number of hydrogen-bond acceptors (Lipinski definition) is 5. The molecule has 0 bridgehead atoms. The van der Waals surface area contributed by atoms with E-state index in [4.69, 9.17) is 10.1 Å². The largest absolute Gasteiger partial charge is 0.492 e. The molecule has 5 rings (SSSR count). The van der Waals surface area contributed by atoms with Crippen LogP contribution in [0.4, 0.5) is 0 Å². The molecule has 2 aliphatic heterocycles. The number of carbonyl (C=O) groups excluding carboxylic acids is 1. The fourth-order valence-electron chi connectivity index (χ4n) is 3.70. The van der Waals surface area contributed by atoms with E-state index in [2.05, 4.69) is 30.6 Å². The minimum atomic E-state index is -0.415. The Morgan fingerprint density at radius 3 is 2.76 bits per heavy atom. The first-order valence-corrected chi connectivity index (χ1v) is 12.1. The van der Waals surface area contributed by atoms with Gasteiger partial charge in [-0.1, -0.05) is 41.1 Å². The third-order valence-corrected chi connectivity index (χ3v) is 6.91. The summed E-state index contributed by atoms with van der Waals surface area (Å²) in [7, 11) is 0. The molecule has 166 valence electrons. The van der Waals surface area contributed by atoms with E-state index in [1.807, 2.05) is 61.7 Å². The minimum Gasteiger partial charge on any atom is -0.492 e.